The summed E-state index contributed by atoms with van der Waals surface area (Å²) in [6.45, 7) is 2.12. The van der Waals surface area contributed by atoms with Crippen molar-refractivity contribution in [3.05, 3.63) is 28.8 Å². The molecule has 1 saturated heterocycles. The molecule has 1 heterocycles. The Labute approximate surface area is 122 Å². The first kappa shape index (κ1) is 14.8. The van der Waals surface area contributed by atoms with Crippen molar-refractivity contribution in [3.63, 3.8) is 0 Å². The lowest BCUT2D eigenvalue weighted by Gasteiger charge is -2.10. The van der Waals surface area contributed by atoms with Gasteiger partial charge in [-0.05, 0) is 37.5 Å². The second-order valence-corrected chi connectivity index (χ2v) is 5.05. The number of rotatable bonds is 4. The largest absolute Gasteiger partial charge is 0.454 e. The first-order chi connectivity index (χ1) is 9.56. The van der Waals surface area contributed by atoms with E-state index in [0.29, 0.717) is 23.7 Å². The van der Waals surface area contributed by atoms with Gasteiger partial charge in [-0.2, -0.15) is 0 Å². The number of anilines is 1. The highest BCUT2D eigenvalue weighted by Gasteiger charge is 2.25. The van der Waals surface area contributed by atoms with Gasteiger partial charge in [0.25, 0.3) is 5.91 Å². The van der Waals surface area contributed by atoms with Gasteiger partial charge in [-0.3, -0.25) is 4.79 Å². The second kappa shape index (κ2) is 6.72. The number of halogens is 1. The minimum Gasteiger partial charge on any atom is -0.454 e. The summed E-state index contributed by atoms with van der Waals surface area (Å²) in [7, 11) is 0. The van der Waals surface area contributed by atoms with Crippen molar-refractivity contribution in [3.8, 4) is 0 Å². The Kier molecular flexibility index (Phi) is 4.98. The standard InChI is InChI=1S/C14H16ClNO4/c1-9-4-5-11(10(15)7-9)16-13(17)8-20-14(18)12-3-2-6-19-12/h4-5,7,12H,2-3,6,8H2,1H3,(H,16,17)/t12-/m0/s1. The molecule has 1 aromatic carbocycles. The maximum Gasteiger partial charge on any atom is 0.335 e. The Morgan fingerprint density at radius 2 is 2.30 bits per heavy atom. The molecule has 6 heteroatoms. The van der Waals surface area contributed by atoms with Crippen molar-refractivity contribution < 1.29 is 19.1 Å². The van der Waals surface area contributed by atoms with Crippen molar-refractivity contribution in [2.75, 3.05) is 18.5 Å². The monoisotopic (exact) mass is 297 g/mol. The minimum atomic E-state index is -0.536. The Hall–Kier alpha value is -1.59. The van der Waals surface area contributed by atoms with Gasteiger partial charge >= 0.3 is 5.97 Å². The van der Waals surface area contributed by atoms with Crippen LogP contribution in [0.15, 0.2) is 18.2 Å². The predicted octanol–water partition coefficient (Wildman–Crippen LogP) is 2.31. The molecule has 0 unspecified atom stereocenters. The fourth-order valence-electron chi connectivity index (χ4n) is 1.90. The van der Waals surface area contributed by atoms with Gasteiger partial charge in [0, 0.05) is 6.61 Å². The molecule has 0 radical (unpaired) electrons. The predicted molar refractivity (Wildman–Crippen MR) is 74.8 cm³/mol. The maximum atomic E-state index is 11.7. The molecule has 1 fully saturated rings. The van der Waals surface area contributed by atoms with Crippen LogP contribution in [0.1, 0.15) is 18.4 Å². The van der Waals surface area contributed by atoms with E-state index in [1.165, 1.54) is 0 Å². The van der Waals surface area contributed by atoms with Gasteiger partial charge in [-0.25, -0.2) is 4.79 Å². The zero-order valence-corrected chi connectivity index (χ0v) is 11.9. The fourth-order valence-corrected chi connectivity index (χ4v) is 2.18. The van der Waals surface area contributed by atoms with Crippen LogP contribution in [0.2, 0.25) is 5.02 Å². The molecule has 20 heavy (non-hydrogen) atoms. The van der Waals surface area contributed by atoms with Gasteiger partial charge in [0.2, 0.25) is 0 Å². The molecule has 1 atom stereocenters. The number of amides is 1. The van der Waals surface area contributed by atoms with E-state index in [1.807, 2.05) is 13.0 Å². The van der Waals surface area contributed by atoms with E-state index in [2.05, 4.69) is 5.32 Å². The van der Waals surface area contributed by atoms with Gasteiger partial charge in [-0.1, -0.05) is 17.7 Å². The van der Waals surface area contributed by atoms with Crippen LogP contribution in [-0.4, -0.2) is 31.2 Å². The molecule has 5 nitrogen and oxygen atoms in total. The summed E-state index contributed by atoms with van der Waals surface area (Å²) in [6, 6.07) is 5.28. The van der Waals surface area contributed by atoms with Gasteiger partial charge in [0.15, 0.2) is 12.7 Å². The Balaban J connectivity index is 1.81. The normalized spacial score (nSPS) is 17.8. The highest BCUT2D eigenvalue weighted by Crippen LogP contribution is 2.22. The quantitative estimate of drug-likeness (QED) is 0.866. The number of hydrogen-bond acceptors (Lipinski definition) is 4. The molecule has 1 aliphatic rings. The van der Waals surface area contributed by atoms with E-state index in [0.717, 1.165) is 12.0 Å². The van der Waals surface area contributed by atoms with E-state index >= 15 is 0 Å². The van der Waals surface area contributed by atoms with E-state index in [4.69, 9.17) is 21.1 Å². The number of carbonyl (C=O) groups excluding carboxylic acids is 2. The molecule has 1 amide bonds. The lowest BCUT2D eigenvalue weighted by Crippen LogP contribution is -2.27. The average Bonchev–Trinajstić information content (AvgIpc) is 2.93. The van der Waals surface area contributed by atoms with Gasteiger partial charge < -0.3 is 14.8 Å². The molecule has 2 rings (SSSR count). The summed E-state index contributed by atoms with van der Waals surface area (Å²) in [5.74, 6) is -0.922. The number of carbonyl (C=O) groups is 2. The van der Waals surface area contributed by atoms with Crippen molar-refractivity contribution in [2.24, 2.45) is 0 Å². The molecule has 1 aliphatic heterocycles. The number of nitrogens with one attached hydrogen (secondary N) is 1. The summed E-state index contributed by atoms with van der Waals surface area (Å²) < 4.78 is 10.1. The van der Waals surface area contributed by atoms with E-state index < -0.39 is 18.0 Å². The van der Waals surface area contributed by atoms with Gasteiger partial charge in [0.1, 0.15) is 0 Å². The smallest absolute Gasteiger partial charge is 0.335 e. The highest BCUT2D eigenvalue weighted by atomic mass is 35.5. The number of benzene rings is 1. The molecule has 0 saturated carbocycles. The SMILES string of the molecule is Cc1ccc(NC(=O)COC(=O)[C@@H]2CCCO2)c(Cl)c1. The van der Waals surface area contributed by atoms with Crippen LogP contribution in [0.4, 0.5) is 5.69 Å². The van der Waals surface area contributed by atoms with Crippen LogP contribution in [0.3, 0.4) is 0 Å². The first-order valence-corrected chi connectivity index (χ1v) is 6.78. The third-order valence-corrected chi connectivity index (χ3v) is 3.25. The third kappa shape index (κ3) is 3.95. The minimum absolute atomic E-state index is 0.344. The average molecular weight is 298 g/mol. The second-order valence-electron chi connectivity index (χ2n) is 4.64. The fraction of sp³-hybridized carbons (Fsp3) is 0.429. The number of hydrogen-bond donors (Lipinski definition) is 1. The summed E-state index contributed by atoms with van der Waals surface area (Å²) in [6.07, 6.45) is 0.945. The van der Waals surface area contributed by atoms with E-state index in [1.54, 1.807) is 12.1 Å². The van der Waals surface area contributed by atoms with Crippen molar-refractivity contribution >= 4 is 29.2 Å². The topological polar surface area (TPSA) is 64.6 Å². The van der Waals surface area contributed by atoms with Crippen molar-refractivity contribution in [1.29, 1.82) is 0 Å². The Morgan fingerprint density at radius 1 is 1.50 bits per heavy atom. The molecular formula is C14H16ClNO4. The zero-order chi connectivity index (χ0) is 14.5. The summed E-state index contributed by atoms with van der Waals surface area (Å²) in [4.78, 5) is 23.2. The van der Waals surface area contributed by atoms with Crippen molar-refractivity contribution in [1.82, 2.24) is 0 Å². The number of ether oxygens (including phenoxy) is 2. The molecule has 1 aromatic rings. The van der Waals surface area contributed by atoms with Gasteiger partial charge in [-0.15, -0.1) is 0 Å². The van der Waals surface area contributed by atoms with E-state index in [9.17, 15) is 9.59 Å². The Morgan fingerprint density at radius 3 is 2.95 bits per heavy atom. The van der Waals surface area contributed by atoms with Gasteiger partial charge in [0.05, 0.1) is 10.7 Å². The lowest BCUT2D eigenvalue weighted by atomic mass is 10.2. The van der Waals surface area contributed by atoms with Crippen LogP contribution < -0.4 is 5.32 Å². The number of aryl methyl sites for hydroxylation is 1. The summed E-state index contributed by atoms with van der Waals surface area (Å²) in [5, 5.41) is 3.04. The highest BCUT2D eigenvalue weighted by molar-refractivity contribution is 6.33. The zero-order valence-electron chi connectivity index (χ0n) is 11.1. The molecule has 0 spiro atoms. The first-order valence-electron chi connectivity index (χ1n) is 6.40. The molecule has 0 aromatic heterocycles. The van der Waals surface area contributed by atoms with E-state index in [-0.39, 0.29) is 6.61 Å². The van der Waals surface area contributed by atoms with Crippen LogP contribution in [0.25, 0.3) is 0 Å². The molecule has 0 aliphatic carbocycles. The van der Waals surface area contributed by atoms with Crippen LogP contribution in [-0.2, 0) is 19.1 Å². The van der Waals surface area contributed by atoms with Crippen LogP contribution in [0.5, 0.6) is 0 Å². The summed E-state index contributed by atoms with van der Waals surface area (Å²) in [5.41, 5.74) is 1.49. The van der Waals surface area contributed by atoms with Crippen LogP contribution in [0, 0.1) is 6.92 Å². The molecule has 108 valence electrons. The summed E-state index contributed by atoms with van der Waals surface area (Å²) >= 11 is 6.00. The van der Waals surface area contributed by atoms with Crippen LogP contribution >= 0.6 is 11.6 Å². The molecular weight excluding hydrogens is 282 g/mol. The lowest BCUT2D eigenvalue weighted by molar-refractivity contribution is -0.156. The Bertz CT molecular complexity index is 512. The molecule has 0 bridgehead atoms. The maximum absolute atomic E-state index is 11.7. The van der Waals surface area contributed by atoms with Crippen molar-refractivity contribution in [2.45, 2.75) is 25.9 Å². The number of esters is 1. The third-order valence-electron chi connectivity index (χ3n) is 2.94. The molecule has 1 N–H and O–H groups in total.